The minimum atomic E-state index is -0.220. The molecule has 4 heteroatoms. The highest BCUT2D eigenvalue weighted by atomic mass is 19.1. The summed E-state index contributed by atoms with van der Waals surface area (Å²) in [6, 6.07) is 11.0. The molecule has 0 amide bonds. The van der Waals surface area contributed by atoms with Gasteiger partial charge in [-0.2, -0.15) is 0 Å². The van der Waals surface area contributed by atoms with Crippen LogP contribution in [0.1, 0.15) is 29.2 Å². The fraction of sp³-hybridized carbons (Fsp3) is 0.333. The maximum absolute atomic E-state index is 13.5. The van der Waals surface area contributed by atoms with Gasteiger partial charge < -0.3 is 15.0 Å². The lowest BCUT2D eigenvalue weighted by Gasteiger charge is -2.23. The summed E-state index contributed by atoms with van der Waals surface area (Å²) in [6.07, 6.45) is 1.94. The SMILES string of the molecule is CO/C(C)=C/N(CNc1cc(C)c(C)cc1C)Cc1cccc(F)c1. The van der Waals surface area contributed by atoms with Gasteiger partial charge in [-0.1, -0.05) is 18.2 Å². The summed E-state index contributed by atoms with van der Waals surface area (Å²) in [4.78, 5) is 2.07. The molecule has 0 aliphatic carbocycles. The van der Waals surface area contributed by atoms with Gasteiger partial charge in [0.25, 0.3) is 0 Å². The van der Waals surface area contributed by atoms with E-state index in [0.717, 1.165) is 17.0 Å². The number of nitrogens with zero attached hydrogens (tertiary/aromatic N) is 1. The molecule has 0 saturated heterocycles. The van der Waals surface area contributed by atoms with Gasteiger partial charge in [0.1, 0.15) is 11.6 Å². The second-order valence-electron chi connectivity index (χ2n) is 6.41. The highest BCUT2D eigenvalue weighted by molar-refractivity contribution is 5.54. The Hall–Kier alpha value is -2.49. The van der Waals surface area contributed by atoms with Gasteiger partial charge in [-0.05, 0) is 68.1 Å². The highest BCUT2D eigenvalue weighted by Crippen LogP contribution is 2.20. The van der Waals surface area contributed by atoms with Gasteiger partial charge >= 0.3 is 0 Å². The third-order valence-corrected chi connectivity index (χ3v) is 4.27. The molecule has 0 atom stereocenters. The molecule has 0 aliphatic heterocycles. The first-order chi connectivity index (χ1) is 11.9. The molecule has 0 saturated carbocycles. The van der Waals surface area contributed by atoms with Crippen molar-refractivity contribution in [2.45, 2.75) is 34.2 Å². The molecule has 0 unspecified atom stereocenters. The lowest BCUT2D eigenvalue weighted by molar-refractivity contribution is 0.272. The van der Waals surface area contributed by atoms with E-state index in [2.05, 4.69) is 43.1 Å². The Morgan fingerprint density at radius 3 is 2.52 bits per heavy atom. The number of nitrogens with one attached hydrogen (secondary N) is 1. The van der Waals surface area contributed by atoms with Crippen LogP contribution in [0.25, 0.3) is 0 Å². The number of allylic oxidation sites excluding steroid dienone is 1. The van der Waals surface area contributed by atoms with Crippen molar-refractivity contribution >= 4 is 5.69 Å². The molecule has 3 nitrogen and oxygen atoms in total. The van der Waals surface area contributed by atoms with Crippen LogP contribution in [0.5, 0.6) is 0 Å². The van der Waals surface area contributed by atoms with Crippen LogP contribution in [-0.2, 0) is 11.3 Å². The summed E-state index contributed by atoms with van der Waals surface area (Å²) in [6.45, 7) is 9.42. The number of benzene rings is 2. The quantitative estimate of drug-likeness (QED) is 0.557. The van der Waals surface area contributed by atoms with E-state index >= 15 is 0 Å². The molecule has 0 aromatic heterocycles. The predicted molar refractivity (Wildman–Crippen MR) is 102 cm³/mol. The average Bonchev–Trinajstić information content (AvgIpc) is 2.56. The molecule has 0 bridgehead atoms. The van der Waals surface area contributed by atoms with Crippen molar-refractivity contribution < 1.29 is 9.13 Å². The van der Waals surface area contributed by atoms with Crippen molar-refractivity contribution in [1.29, 1.82) is 0 Å². The molecule has 25 heavy (non-hydrogen) atoms. The molecule has 2 aromatic carbocycles. The Kier molecular flexibility index (Phi) is 6.45. The summed E-state index contributed by atoms with van der Waals surface area (Å²) in [5.74, 6) is 0.581. The zero-order valence-corrected chi connectivity index (χ0v) is 15.7. The number of anilines is 1. The third-order valence-electron chi connectivity index (χ3n) is 4.27. The van der Waals surface area contributed by atoms with Crippen LogP contribution >= 0.6 is 0 Å². The van der Waals surface area contributed by atoms with E-state index in [0.29, 0.717) is 13.2 Å². The lowest BCUT2D eigenvalue weighted by atomic mass is 10.1. The summed E-state index contributed by atoms with van der Waals surface area (Å²) in [5.41, 5.74) is 5.78. The fourth-order valence-electron chi connectivity index (χ4n) is 2.66. The Bertz CT molecular complexity index is 756. The van der Waals surface area contributed by atoms with Crippen molar-refractivity contribution in [3.05, 3.63) is 76.4 Å². The third kappa shape index (κ3) is 5.52. The molecule has 1 N–H and O–H groups in total. The van der Waals surface area contributed by atoms with Gasteiger partial charge in [0.05, 0.1) is 13.8 Å². The maximum Gasteiger partial charge on any atom is 0.123 e. The summed E-state index contributed by atoms with van der Waals surface area (Å²) < 4.78 is 18.7. The van der Waals surface area contributed by atoms with Gasteiger partial charge in [-0.25, -0.2) is 4.39 Å². The van der Waals surface area contributed by atoms with E-state index < -0.39 is 0 Å². The zero-order valence-electron chi connectivity index (χ0n) is 15.7. The Morgan fingerprint density at radius 2 is 1.84 bits per heavy atom. The standard InChI is InChI=1S/C21H27FN2O/c1-15-9-17(3)21(10-16(15)2)23-14-24(12-18(4)25-5)13-19-7-6-8-20(22)11-19/h6-12,23H,13-14H2,1-5H3/b18-12+. The number of rotatable bonds is 7. The highest BCUT2D eigenvalue weighted by Gasteiger charge is 2.07. The summed E-state index contributed by atoms with van der Waals surface area (Å²) >= 11 is 0. The van der Waals surface area contributed by atoms with E-state index in [4.69, 9.17) is 4.74 Å². The first kappa shape index (κ1) is 18.8. The van der Waals surface area contributed by atoms with E-state index in [1.807, 2.05) is 19.2 Å². The van der Waals surface area contributed by atoms with E-state index in [-0.39, 0.29) is 5.82 Å². The van der Waals surface area contributed by atoms with E-state index in [9.17, 15) is 4.39 Å². The molecule has 0 radical (unpaired) electrons. The fourth-order valence-corrected chi connectivity index (χ4v) is 2.66. The van der Waals surface area contributed by atoms with Crippen LogP contribution in [0.4, 0.5) is 10.1 Å². The zero-order chi connectivity index (χ0) is 18.4. The molecule has 134 valence electrons. The molecular formula is C21H27FN2O. The molecular weight excluding hydrogens is 315 g/mol. The molecule has 0 spiro atoms. The van der Waals surface area contributed by atoms with Crippen molar-refractivity contribution in [2.24, 2.45) is 0 Å². The Morgan fingerprint density at radius 1 is 1.12 bits per heavy atom. The first-order valence-corrected chi connectivity index (χ1v) is 8.41. The average molecular weight is 342 g/mol. The van der Waals surface area contributed by atoms with E-state index in [1.165, 1.54) is 22.8 Å². The van der Waals surface area contributed by atoms with Gasteiger partial charge in [0.2, 0.25) is 0 Å². The van der Waals surface area contributed by atoms with Crippen LogP contribution in [0.2, 0.25) is 0 Å². The largest absolute Gasteiger partial charge is 0.500 e. The first-order valence-electron chi connectivity index (χ1n) is 8.41. The summed E-state index contributed by atoms with van der Waals surface area (Å²) in [7, 11) is 1.65. The molecule has 2 rings (SSSR count). The number of halogens is 1. The number of methoxy groups -OCH3 is 1. The number of hydrogen-bond donors (Lipinski definition) is 1. The normalized spacial score (nSPS) is 11.4. The smallest absolute Gasteiger partial charge is 0.123 e. The number of hydrogen-bond acceptors (Lipinski definition) is 3. The van der Waals surface area contributed by atoms with Gasteiger partial charge in [-0.15, -0.1) is 0 Å². The van der Waals surface area contributed by atoms with E-state index in [1.54, 1.807) is 19.2 Å². The summed E-state index contributed by atoms with van der Waals surface area (Å²) in [5, 5.41) is 3.48. The van der Waals surface area contributed by atoms with Crippen LogP contribution in [0.15, 0.2) is 48.4 Å². The lowest BCUT2D eigenvalue weighted by Crippen LogP contribution is -2.25. The van der Waals surface area contributed by atoms with Crippen LogP contribution < -0.4 is 5.32 Å². The topological polar surface area (TPSA) is 24.5 Å². The van der Waals surface area contributed by atoms with Gasteiger partial charge in [0.15, 0.2) is 0 Å². The van der Waals surface area contributed by atoms with Crippen molar-refractivity contribution in [3.8, 4) is 0 Å². The molecule has 0 fully saturated rings. The van der Waals surface area contributed by atoms with Crippen molar-refractivity contribution in [2.75, 3.05) is 19.1 Å². The minimum absolute atomic E-state index is 0.220. The number of aryl methyl sites for hydroxylation is 3. The van der Waals surface area contributed by atoms with Gasteiger partial charge in [-0.3, -0.25) is 0 Å². The second kappa shape index (κ2) is 8.56. The van der Waals surface area contributed by atoms with Crippen LogP contribution in [0.3, 0.4) is 0 Å². The second-order valence-corrected chi connectivity index (χ2v) is 6.41. The van der Waals surface area contributed by atoms with Crippen molar-refractivity contribution in [1.82, 2.24) is 4.90 Å². The van der Waals surface area contributed by atoms with Crippen LogP contribution in [-0.4, -0.2) is 18.7 Å². The predicted octanol–water partition coefficient (Wildman–Crippen LogP) is 5.13. The monoisotopic (exact) mass is 342 g/mol. The van der Waals surface area contributed by atoms with Crippen molar-refractivity contribution in [3.63, 3.8) is 0 Å². The maximum atomic E-state index is 13.5. The Labute approximate surface area is 150 Å². The van der Waals surface area contributed by atoms with Crippen LogP contribution in [0, 0.1) is 26.6 Å². The Balaban J connectivity index is 2.15. The molecule has 2 aromatic rings. The molecule has 0 heterocycles. The van der Waals surface area contributed by atoms with Gasteiger partial charge in [0, 0.05) is 18.4 Å². The number of ether oxygens (including phenoxy) is 1. The molecule has 0 aliphatic rings. The minimum Gasteiger partial charge on any atom is -0.500 e.